The Morgan fingerprint density at radius 2 is 1.90 bits per heavy atom. The van der Waals surface area contributed by atoms with Crippen LogP contribution >= 0.6 is 59.1 Å². The minimum absolute atomic E-state index is 0.458. The van der Waals surface area contributed by atoms with Crippen molar-refractivity contribution < 1.29 is 14.6 Å². The average molecular weight is 497 g/mol. The van der Waals surface area contributed by atoms with Gasteiger partial charge in [-0.15, -0.1) is 11.3 Å². The van der Waals surface area contributed by atoms with Gasteiger partial charge >= 0.3 is 5.97 Å². The van der Waals surface area contributed by atoms with Gasteiger partial charge in [0.2, 0.25) is 0 Å². The smallest absolute Gasteiger partial charge is 0.328 e. The fourth-order valence-corrected chi connectivity index (χ4v) is 4.38. The first-order chi connectivity index (χ1) is 9.97. The Morgan fingerprint density at radius 1 is 1.24 bits per heavy atom. The number of benzene rings is 1. The molecule has 1 aromatic heterocycles. The maximum atomic E-state index is 10.5. The molecule has 0 spiro atoms. The van der Waals surface area contributed by atoms with E-state index in [-0.39, 0.29) is 0 Å². The van der Waals surface area contributed by atoms with Crippen molar-refractivity contribution in [1.82, 2.24) is 0 Å². The number of rotatable bonds is 5. The van der Waals surface area contributed by atoms with Crippen LogP contribution in [0, 0.1) is 0 Å². The minimum Gasteiger partial charge on any atom is -0.486 e. The summed E-state index contributed by atoms with van der Waals surface area (Å²) in [5.41, 5.74) is 0.765. The average Bonchev–Trinajstić information content (AvgIpc) is 2.81. The maximum absolute atomic E-state index is 10.5. The Morgan fingerprint density at radius 3 is 2.43 bits per heavy atom. The molecule has 3 nitrogen and oxygen atoms in total. The van der Waals surface area contributed by atoms with Gasteiger partial charge in [0.25, 0.3) is 0 Å². The summed E-state index contributed by atoms with van der Waals surface area (Å²) in [6.45, 7) is 0.458. The van der Waals surface area contributed by atoms with Gasteiger partial charge in [-0.1, -0.05) is 0 Å². The maximum Gasteiger partial charge on any atom is 0.328 e. The third-order valence-electron chi connectivity index (χ3n) is 2.48. The Kier molecular flexibility index (Phi) is 6.04. The van der Waals surface area contributed by atoms with Crippen LogP contribution in [0.15, 0.2) is 43.1 Å². The van der Waals surface area contributed by atoms with Crippen LogP contribution in [-0.4, -0.2) is 11.1 Å². The highest BCUT2D eigenvalue weighted by molar-refractivity contribution is 9.11. The van der Waals surface area contributed by atoms with Gasteiger partial charge in [-0.2, -0.15) is 0 Å². The molecule has 0 aliphatic carbocycles. The molecule has 0 bridgehead atoms. The van der Waals surface area contributed by atoms with E-state index < -0.39 is 5.97 Å². The van der Waals surface area contributed by atoms with Crippen LogP contribution in [0.3, 0.4) is 0 Å². The molecular formula is C14H9Br3O3S. The van der Waals surface area contributed by atoms with E-state index >= 15 is 0 Å². The molecule has 2 rings (SSSR count). The van der Waals surface area contributed by atoms with Gasteiger partial charge in [0.15, 0.2) is 0 Å². The standard InChI is InChI=1S/C14H9Br3O3S/c15-9-3-4-21-12(9)7-20-14-10(16)5-8(6-11(14)17)1-2-13(18)19/h1-6H,7H2,(H,18,19)/b2-1+. The van der Waals surface area contributed by atoms with E-state index in [1.165, 1.54) is 6.08 Å². The summed E-state index contributed by atoms with van der Waals surface area (Å²) in [4.78, 5) is 11.6. The van der Waals surface area contributed by atoms with Crippen molar-refractivity contribution in [2.24, 2.45) is 0 Å². The van der Waals surface area contributed by atoms with E-state index in [2.05, 4.69) is 47.8 Å². The molecule has 21 heavy (non-hydrogen) atoms. The van der Waals surface area contributed by atoms with E-state index in [0.717, 1.165) is 29.9 Å². The zero-order chi connectivity index (χ0) is 15.4. The second-order valence-electron chi connectivity index (χ2n) is 3.97. The number of carboxylic acids is 1. The predicted molar refractivity (Wildman–Crippen MR) is 94.9 cm³/mol. The molecule has 110 valence electrons. The van der Waals surface area contributed by atoms with Crippen molar-refractivity contribution in [3.8, 4) is 5.75 Å². The molecule has 0 aliphatic heterocycles. The fourth-order valence-electron chi connectivity index (χ4n) is 1.55. The van der Waals surface area contributed by atoms with Crippen molar-refractivity contribution in [2.45, 2.75) is 6.61 Å². The summed E-state index contributed by atoms with van der Waals surface area (Å²) >= 11 is 12.0. The SMILES string of the molecule is O=C(O)/C=C/c1cc(Br)c(OCc2sccc2Br)c(Br)c1. The number of halogens is 3. The largest absolute Gasteiger partial charge is 0.486 e. The summed E-state index contributed by atoms with van der Waals surface area (Å²) < 4.78 is 8.37. The Hall–Kier alpha value is -0.630. The van der Waals surface area contributed by atoms with Gasteiger partial charge in [-0.25, -0.2) is 4.79 Å². The van der Waals surface area contributed by atoms with Crippen molar-refractivity contribution in [3.05, 3.63) is 53.5 Å². The van der Waals surface area contributed by atoms with Crippen molar-refractivity contribution in [3.63, 3.8) is 0 Å². The zero-order valence-corrected chi connectivity index (χ0v) is 16.1. The first-order valence-corrected chi connectivity index (χ1v) is 8.98. The second-order valence-corrected chi connectivity index (χ2v) is 7.53. The number of ether oxygens (including phenoxy) is 1. The zero-order valence-electron chi connectivity index (χ0n) is 10.5. The summed E-state index contributed by atoms with van der Waals surface area (Å²) in [5.74, 6) is -0.298. The lowest BCUT2D eigenvalue weighted by molar-refractivity contribution is -0.131. The van der Waals surface area contributed by atoms with E-state index in [4.69, 9.17) is 9.84 Å². The summed E-state index contributed by atoms with van der Waals surface area (Å²) in [5, 5.41) is 10.6. The molecule has 0 atom stereocenters. The highest BCUT2D eigenvalue weighted by atomic mass is 79.9. The van der Waals surface area contributed by atoms with Gasteiger partial charge in [0, 0.05) is 10.5 Å². The Labute approximate surface area is 151 Å². The third kappa shape index (κ3) is 4.67. The highest BCUT2D eigenvalue weighted by Crippen LogP contribution is 2.36. The normalized spacial score (nSPS) is 11.0. The molecular weight excluding hydrogens is 488 g/mol. The van der Waals surface area contributed by atoms with Crippen LogP contribution in [0.4, 0.5) is 0 Å². The third-order valence-corrected chi connectivity index (χ3v) is 5.56. The van der Waals surface area contributed by atoms with Crippen molar-refractivity contribution in [1.29, 1.82) is 0 Å². The van der Waals surface area contributed by atoms with Crippen LogP contribution in [0.5, 0.6) is 5.75 Å². The molecule has 0 fully saturated rings. The van der Waals surface area contributed by atoms with E-state index in [9.17, 15) is 4.79 Å². The lowest BCUT2D eigenvalue weighted by Gasteiger charge is -2.11. The van der Waals surface area contributed by atoms with Gasteiger partial charge in [-0.3, -0.25) is 0 Å². The molecule has 0 saturated heterocycles. The Bertz CT molecular complexity index is 672. The lowest BCUT2D eigenvalue weighted by atomic mass is 10.2. The first kappa shape index (κ1) is 16.7. The number of aliphatic carboxylic acids is 1. The van der Waals surface area contributed by atoms with E-state index in [1.807, 2.05) is 23.6 Å². The van der Waals surface area contributed by atoms with Gasteiger partial charge in [-0.05, 0) is 83.0 Å². The van der Waals surface area contributed by atoms with E-state index in [0.29, 0.717) is 12.4 Å². The van der Waals surface area contributed by atoms with Crippen LogP contribution in [0.25, 0.3) is 6.08 Å². The molecule has 1 heterocycles. The fraction of sp³-hybridized carbons (Fsp3) is 0.0714. The molecule has 1 aromatic carbocycles. The monoisotopic (exact) mass is 494 g/mol. The molecule has 0 saturated carbocycles. The predicted octanol–water partition coefficient (Wildman–Crippen LogP) is 5.71. The van der Waals surface area contributed by atoms with E-state index in [1.54, 1.807) is 11.3 Å². The molecule has 0 radical (unpaired) electrons. The van der Waals surface area contributed by atoms with Crippen molar-refractivity contribution >= 4 is 71.2 Å². The molecule has 0 amide bonds. The molecule has 1 N–H and O–H groups in total. The molecule has 2 aromatic rings. The van der Waals surface area contributed by atoms with Crippen LogP contribution in [-0.2, 0) is 11.4 Å². The van der Waals surface area contributed by atoms with Gasteiger partial charge < -0.3 is 9.84 Å². The minimum atomic E-state index is -0.981. The van der Waals surface area contributed by atoms with Crippen LogP contribution in [0.2, 0.25) is 0 Å². The van der Waals surface area contributed by atoms with Crippen LogP contribution in [0.1, 0.15) is 10.4 Å². The highest BCUT2D eigenvalue weighted by Gasteiger charge is 2.10. The molecule has 0 aliphatic rings. The summed E-state index contributed by atoms with van der Waals surface area (Å²) in [6.07, 6.45) is 2.62. The van der Waals surface area contributed by atoms with Crippen molar-refractivity contribution in [2.75, 3.05) is 0 Å². The number of hydrogen-bond donors (Lipinski definition) is 1. The molecule has 0 unspecified atom stereocenters. The quantitative estimate of drug-likeness (QED) is 0.539. The Balaban J connectivity index is 2.17. The summed E-state index contributed by atoms with van der Waals surface area (Å²) in [7, 11) is 0. The number of carbonyl (C=O) groups is 1. The number of hydrogen-bond acceptors (Lipinski definition) is 3. The second kappa shape index (κ2) is 7.58. The first-order valence-electron chi connectivity index (χ1n) is 5.72. The van der Waals surface area contributed by atoms with Gasteiger partial charge in [0.1, 0.15) is 12.4 Å². The lowest BCUT2D eigenvalue weighted by Crippen LogP contribution is -1.96. The summed E-state index contributed by atoms with van der Waals surface area (Å²) in [6, 6.07) is 5.60. The van der Waals surface area contributed by atoms with Gasteiger partial charge in [0.05, 0.1) is 13.8 Å². The number of carboxylic acid groups (broad SMARTS) is 1. The topological polar surface area (TPSA) is 46.5 Å². The van der Waals surface area contributed by atoms with Crippen LogP contribution < -0.4 is 4.74 Å². The number of thiophene rings is 1. The molecule has 7 heteroatoms.